The standard InChI is InChI=1S/C18H30N4O2S2/c1-6-19-17(22-11-12-25-18(2,3)14-22)20-13-15-9-7-8-10-16(15)26(23,24)21(4)5/h7-10H,6,11-14H2,1-5H3,(H,19,20). The molecule has 0 aromatic heterocycles. The Balaban J connectivity index is 2.28. The Hall–Kier alpha value is -1.25. The van der Waals surface area contributed by atoms with Gasteiger partial charge in [0.05, 0.1) is 11.4 Å². The highest BCUT2D eigenvalue weighted by Gasteiger charge is 2.29. The molecular weight excluding hydrogens is 368 g/mol. The second kappa shape index (κ2) is 8.63. The second-order valence-corrected chi connectivity index (χ2v) is 11.0. The monoisotopic (exact) mass is 398 g/mol. The Morgan fingerprint density at radius 3 is 2.65 bits per heavy atom. The van der Waals surface area contributed by atoms with Crippen LogP contribution in [0.15, 0.2) is 34.2 Å². The Morgan fingerprint density at radius 2 is 2.04 bits per heavy atom. The maximum atomic E-state index is 12.6. The molecule has 1 heterocycles. The number of guanidine groups is 1. The number of nitrogens with zero attached hydrogens (tertiary/aromatic N) is 3. The Labute approximate surface area is 162 Å². The molecule has 8 heteroatoms. The number of hydrogen-bond acceptors (Lipinski definition) is 4. The topological polar surface area (TPSA) is 65.0 Å². The molecule has 1 saturated heterocycles. The molecule has 1 aromatic carbocycles. The van der Waals surface area contributed by atoms with Crippen molar-refractivity contribution in [1.29, 1.82) is 0 Å². The van der Waals surface area contributed by atoms with Crippen molar-refractivity contribution in [2.45, 2.75) is 37.0 Å². The summed E-state index contributed by atoms with van der Waals surface area (Å²) in [5, 5.41) is 3.35. The van der Waals surface area contributed by atoms with E-state index in [9.17, 15) is 8.42 Å². The van der Waals surface area contributed by atoms with Crippen LogP contribution >= 0.6 is 11.8 Å². The third-order valence-corrected chi connectivity index (χ3v) is 7.40. The van der Waals surface area contributed by atoms with E-state index in [0.717, 1.165) is 31.3 Å². The first-order valence-electron chi connectivity index (χ1n) is 8.85. The second-order valence-electron chi connectivity index (χ2n) is 7.10. The lowest BCUT2D eigenvalue weighted by Crippen LogP contribution is -2.50. The van der Waals surface area contributed by atoms with E-state index >= 15 is 0 Å². The van der Waals surface area contributed by atoms with Gasteiger partial charge in [-0.05, 0) is 32.4 Å². The molecule has 26 heavy (non-hydrogen) atoms. The molecule has 2 rings (SSSR count). The van der Waals surface area contributed by atoms with Crippen molar-refractivity contribution in [1.82, 2.24) is 14.5 Å². The van der Waals surface area contributed by atoms with E-state index in [1.165, 1.54) is 4.31 Å². The van der Waals surface area contributed by atoms with Crippen molar-refractivity contribution >= 4 is 27.7 Å². The van der Waals surface area contributed by atoms with Crippen LogP contribution in [0.25, 0.3) is 0 Å². The molecule has 1 aliphatic rings. The van der Waals surface area contributed by atoms with Crippen LogP contribution < -0.4 is 5.32 Å². The quantitative estimate of drug-likeness (QED) is 0.609. The molecule has 0 atom stereocenters. The number of thioether (sulfide) groups is 1. The Bertz CT molecular complexity index is 745. The summed E-state index contributed by atoms with van der Waals surface area (Å²) >= 11 is 1.97. The molecule has 146 valence electrons. The molecule has 0 saturated carbocycles. The third kappa shape index (κ3) is 5.14. The van der Waals surface area contributed by atoms with E-state index in [4.69, 9.17) is 4.99 Å². The maximum absolute atomic E-state index is 12.6. The highest BCUT2D eigenvalue weighted by Crippen LogP contribution is 2.29. The largest absolute Gasteiger partial charge is 0.357 e. The molecule has 0 unspecified atom stereocenters. The zero-order valence-electron chi connectivity index (χ0n) is 16.3. The van der Waals surface area contributed by atoms with Gasteiger partial charge in [-0.3, -0.25) is 0 Å². The molecule has 1 aromatic rings. The highest BCUT2D eigenvalue weighted by atomic mass is 32.2. The predicted octanol–water partition coefficient (Wildman–Crippen LogP) is 2.23. The van der Waals surface area contributed by atoms with Crippen LogP contribution in [0.5, 0.6) is 0 Å². The number of hydrogen-bond donors (Lipinski definition) is 1. The van der Waals surface area contributed by atoms with E-state index in [-0.39, 0.29) is 4.75 Å². The number of sulfonamides is 1. The summed E-state index contributed by atoms with van der Waals surface area (Å²) in [6, 6.07) is 7.08. The minimum atomic E-state index is -3.48. The fourth-order valence-corrected chi connectivity index (χ4v) is 5.09. The molecule has 0 aliphatic carbocycles. The molecule has 0 radical (unpaired) electrons. The third-order valence-electron chi connectivity index (χ3n) is 4.19. The fourth-order valence-electron chi connectivity index (χ4n) is 2.87. The first-order valence-corrected chi connectivity index (χ1v) is 11.3. The van der Waals surface area contributed by atoms with Gasteiger partial charge in [0, 0.05) is 44.2 Å². The highest BCUT2D eigenvalue weighted by molar-refractivity contribution is 8.00. The Kier molecular flexibility index (Phi) is 6.99. The van der Waals surface area contributed by atoms with Crippen LogP contribution in [0.2, 0.25) is 0 Å². The minimum absolute atomic E-state index is 0.181. The van der Waals surface area contributed by atoms with Gasteiger partial charge in [-0.15, -0.1) is 0 Å². The summed E-state index contributed by atoms with van der Waals surface area (Å²) < 4.78 is 26.5. The van der Waals surface area contributed by atoms with Crippen LogP contribution in [0.4, 0.5) is 0 Å². The molecular formula is C18H30N4O2S2. The van der Waals surface area contributed by atoms with E-state index < -0.39 is 10.0 Å². The van der Waals surface area contributed by atoms with Crippen LogP contribution in [0.1, 0.15) is 26.3 Å². The molecule has 1 N–H and O–H groups in total. The summed E-state index contributed by atoms with van der Waals surface area (Å²) in [4.78, 5) is 7.33. The number of rotatable bonds is 5. The average Bonchev–Trinajstić information content (AvgIpc) is 2.57. The molecule has 0 spiro atoms. The van der Waals surface area contributed by atoms with Gasteiger partial charge in [-0.1, -0.05) is 18.2 Å². The first-order chi connectivity index (χ1) is 12.2. The lowest BCUT2D eigenvalue weighted by molar-refractivity contribution is 0.375. The van der Waals surface area contributed by atoms with Gasteiger partial charge in [0.1, 0.15) is 0 Å². The predicted molar refractivity (Wildman–Crippen MR) is 110 cm³/mol. The van der Waals surface area contributed by atoms with E-state index in [0.29, 0.717) is 17.0 Å². The lowest BCUT2D eigenvalue weighted by Gasteiger charge is -2.39. The van der Waals surface area contributed by atoms with Gasteiger partial charge in [-0.2, -0.15) is 11.8 Å². The lowest BCUT2D eigenvalue weighted by atomic mass is 10.2. The van der Waals surface area contributed by atoms with Gasteiger partial charge < -0.3 is 10.2 Å². The number of aliphatic imine (C=N–C) groups is 1. The summed E-state index contributed by atoms with van der Waals surface area (Å²) in [5.41, 5.74) is 0.710. The summed E-state index contributed by atoms with van der Waals surface area (Å²) in [6.07, 6.45) is 0. The van der Waals surface area contributed by atoms with Crippen molar-refractivity contribution in [3.05, 3.63) is 29.8 Å². The molecule has 1 aliphatic heterocycles. The summed E-state index contributed by atoms with van der Waals surface area (Å²) in [6.45, 7) is 9.50. The maximum Gasteiger partial charge on any atom is 0.242 e. The molecule has 0 bridgehead atoms. The first kappa shape index (κ1) is 21.1. The van der Waals surface area contributed by atoms with Gasteiger partial charge in [0.15, 0.2) is 5.96 Å². The van der Waals surface area contributed by atoms with E-state index in [1.54, 1.807) is 26.2 Å². The van der Waals surface area contributed by atoms with Crippen LogP contribution in [0.3, 0.4) is 0 Å². The Morgan fingerprint density at radius 1 is 1.35 bits per heavy atom. The smallest absolute Gasteiger partial charge is 0.242 e. The van der Waals surface area contributed by atoms with Crippen molar-refractivity contribution in [3.8, 4) is 0 Å². The zero-order valence-corrected chi connectivity index (χ0v) is 18.0. The molecule has 0 amide bonds. The minimum Gasteiger partial charge on any atom is -0.357 e. The SMILES string of the molecule is CCNC(=NCc1ccccc1S(=O)(=O)N(C)C)N1CCSC(C)(C)C1. The zero-order chi connectivity index (χ0) is 19.4. The van der Waals surface area contributed by atoms with Crippen molar-refractivity contribution in [2.24, 2.45) is 4.99 Å². The summed E-state index contributed by atoms with van der Waals surface area (Å²) in [5.74, 6) is 1.90. The van der Waals surface area contributed by atoms with Crippen LogP contribution in [0, 0.1) is 0 Å². The van der Waals surface area contributed by atoms with Crippen molar-refractivity contribution in [2.75, 3.05) is 39.5 Å². The fraction of sp³-hybridized carbons (Fsp3) is 0.611. The number of benzene rings is 1. The normalized spacial score (nSPS) is 18.2. The van der Waals surface area contributed by atoms with Crippen LogP contribution in [-0.2, 0) is 16.6 Å². The van der Waals surface area contributed by atoms with Crippen LogP contribution in [-0.4, -0.2) is 67.8 Å². The van der Waals surface area contributed by atoms with Gasteiger partial charge in [0.2, 0.25) is 10.0 Å². The number of nitrogens with one attached hydrogen (secondary N) is 1. The van der Waals surface area contributed by atoms with Crippen molar-refractivity contribution in [3.63, 3.8) is 0 Å². The van der Waals surface area contributed by atoms with Gasteiger partial charge in [0.25, 0.3) is 0 Å². The average molecular weight is 399 g/mol. The van der Waals surface area contributed by atoms with E-state index in [2.05, 4.69) is 24.1 Å². The molecule has 6 nitrogen and oxygen atoms in total. The van der Waals surface area contributed by atoms with Gasteiger partial charge >= 0.3 is 0 Å². The summed E-state index contributed by atoms with van der Waals surface area (Å²) in [7, 11) is -0.387. The van der Waals surface area contributed by atoms with Crippen molar-refractivity contribution < 1.29 is 8.42 Å². The van der Waals surface area contributed by atoms with Gasteiger partial charge in [-0.25, -0.2) is 17.7 Å². The molecule has 1 fully saturated rings. The van der Waals surface area contributed by atoms with E-state index in [1.807, 2.05) is 30.8 Å².